The SMILES string of the molecule is CCc1ccc2nc(N(CCN3CCOCC3)C(=O)c3ccc(S(=O)(=O)CC)cc3)sc2c1. The number of carbonyl (C=O) groups is 1. The predicted octanol–water partition coefficient (Wildman–Crippen LogP) is 3.63. The van der Waals surface area contributed by atoms with Crippen molar-refractivity contribution in [2.24, 2.45) is 0 Å². The number of carbonyl (C=O) groups excluding carboxylic acids is 1. The summed E-state index contributed by atoms with van der Waals surface area (Å²) in [5.41, 5.74) is 2.55. The Bertz CT molecular complexity index is 1220. The van der Waals surface area contributed by atoms with Gasteiger partial charge in [0.15, 0.2) is 15.0 Å². The molecule has 0 atom stereocenters. The van der Waals surface area contributed by atoms with Crippen LogP contribution in [0.4, 0.5) is 5.13 Å². The van der Waals surface area contributed by atoms with Crippen LogP contribution in [0.3, 0.4) is 0 Å². The van der Waals surface area contributed by atoms with Gasteiger partial charge >= 0.3 is 0 Å². The average molecular weight is 488 g/mol. The Labute approximate surface area is 198 Å². The molecule has 0 bridgehead atoms. The largest absolute Gasteiger partial charge is 0.379 e. The van der Waals surface area contributed by atoms with Crippen LogP contribution in [0.1, 0.15) is 29.8 Å². The van der Waals surface area contributed by atoms with Crippen molar-refractivity contribution in [2.45, 2.75) is 25.2 Å². The molecule has 1 fully saturated rings. The van der Waals surface area contributed by atoms with Gasteiger partial charge in [0.1, 0.15) is 0 Å². The van der Waals surface area contributed by atoms with Crippen LogP contribution in [0.25, 0.3) is 10.2 Å². The molecule has 0 N–H and O–H groups in total. The summed E-state index contributed by atoms with van der Waals surface area (Å²) in [7, 11) is -3.32. The minimum atomic E-state index is -3.32. The number of hydrogen-bond acceptors (Lipinski definition) is 7. The van der Waals surface area contributed by atoms with Crippen LogP contribution in [0, 0.1) is 0 Å². The summed E-state index contributed by atoms with van der Waals surface area (Å²) in [4.78, 5) is 22.5. The number of aromatic nitrogens is 1. The van der Waals surface area contributed by atoms with Gasteiger partial charge in [-0.3, -0.25) is 14.6 Å². The van der Waals surface area contributed by atoms with Crippen molar-refractivity contribution in [2.75, 3.05) is 50.0 Å². The first kappa shape index (κ1) is 23.8. The van der Waals surface area contributed by atoms with Gasteiger partial charge in [-0.25, -0.2) is 13.4 Å². The summed E-state index contributed by atoms with van der Waals surface area (Å²) in [6.45, 7) is 8.01. The number of amides is 1. The van der Waals surface area contributed by atoms with Gasteiger partial charge in [0.25, 0.3) is 5.91 Å². The van der Waals surface area contributed by atoms with Gasteiger partial charge in [-0.1, -0.05) is 31.3 Å². The Kier molecular flexibility index (Phi) is 7.43. The molecule has 0 radical (unpaired) electrons. The molecule has 0 spiro atoms. The fraction of sp³-hybridized carbons (Fsp3) is 0.417. The highest BCUT2D eigenvalue weighted by Crippen LogP contribution is 2.31. The molecule has 0 unspecified atom stereocenters. The lowest BCUT2D eigenvalue weighted by atomic mass is 10.2. The first-order valence-corrected chi connectivity index (χ1v) is 13.7. The Morgan fingerprint density at radius 3 is 2.52 bits per heavy atom. The van der Waals surface area contributed by atoms with E-state index < -0.39 is 9.84 Å². The van der Waals surface area contributed by atoms with Gasteiger partial charge in [0.05, 0.1) is 34.1 Å². The smallest absolute Gasteiger partial charge is 0.260 e. The van der Waals surface area contributed by atoms with E-state index in [9.17, 15) is 13.2 Å². The summed E-state index contributed by atoms with van der Waals surface area (Å²) in [6, 6.07) is 12.4. The molecule has 1 amide bonds. The van der Waals surface area contributed by atoms with E-state index in [1.54, 1.807) is 24.0 Å². The van der Waals surface area contributed by atoms with Crippen molar-refractivity contribution in [1.82, 2.24) is 9.88 Å². The number of aryl methyl sites for hydroxylation is 1. The number of nitrogens with zero attached hydrogens (tertiary/aromatic N) is 3. The maximum Gasteiger partial charge on any atom is 0.260 e. The van der Waals surface area contributed by atoms with Gasteiger partial charge in [-0.2, -0.15) is 0 Å². The lowest BCUT2D eigenvalue weighted by Crippen LogP contribution is -2.43. The molecule has 1 aliphatic heterocycles. The molecule has 33 heavy (non-hydrogen) atoms. The number of morpholine rings is 1. The van der Waals surface area contributed by atoms with E-state index in [0.29, 0.717) is 37.0 Å². The number of ether oxygens (including phenoxy) is 1. The molecule has 0 saturated carbocycles. The fourth-order valence-corrected chi connectivity index (χ4v) is 5.71. The molecule has 0 aliphatic carbocycles. The van der Waals surface area contributed by atoms with Crippen molar-refractivity contribution >= 4 is 42.4 Å². The predicted molar refractivity (Wildman–Crippen MR) is 132 cm³/mol. The molecule has 1 aromatic heterocycles. The third-order valence-electron chi connectivity index (χ3n) is 5.91. The monoisotopic (exact) mass is 487 g/mol. The molecule has 2 heterocycles. The summed E-state index contributed by atoms with van der Waals surface area (Å²) >= 11 is 1.51. The molecule has 2 aromatic carbocycles. The molecule has 3 aromatic rings. The zero-order valence-corrected chi connectivity index (χ0v) is 20.6. The minimum absolute atomic E-state index is 0.0252. The third kappa shape index (κ3) is 5.43. The van der Waals surface area contributed by atoms with E-state index in [2.05, 4.69) is 24.0 Å². The maximum atomic E-state index is 13.5. The normalized spacial score (nSPS) is 15.1. The summed E-state index contributed by atoms with van der Waals surface area (Å²) in [6.07, 6.45) is 0.940. The second kappa shape index (κ2) is 10.3. The number of hydrogen-bond donors (Lipinski definition) is 0. The Morgan fingerprint density at radius 2 is 1.85 bits per heavy atom. The van der Waals surface area contributed by atoms with E-state index in [4.69, 9.17) is 9.72 Å². The van der Waals surface area contributed by atoms with Crippen LogP contribution in [-0.4, -0.2) is 69.4 Å². The van der Waals surface area contributed by atoms with Crippen LogP contribution in [-0.2, 0) is 21.0 Å². The first-order valence-electron chi connectivity index (χ1n) is 11.3. The summed E-state index contributed by atoms with van der Waals surface area (Å²) < 4.78 is 30.8. The number of sulfone groups is 1. The van der Waals surface area contributed by atoms with E-state index in [1.165, 1.54) is 29.0 Å². The maximum absolute atomic E-state index is 13.5. The number of anilines is 1. The standard InChI is InChI=1S/C24H29N3O4S2/c1-3-18-5-10-21-22(17-18)32-24(25-21)27(12-11-26-13-15-31-16-14-26)23(28)19-6-8-20(9-7-19)33(29,30)4-2/h5-10,17H,3-4,11-16H2,1-2H3. The molecular formula is C24H29N3O4S2. The molecular weight excluding hydrogens is 458 g/mol. The van der Waals surface area contributed by atoms with Crippen LogP contribution in [0.2, 0.25) is 0 Å². The number of benzene rings is 2. The topological polar surface area (TPSA) is 79.8 Å². The zero-order chi connectivity index (χ0) is 23.4. The molecule has 1 saturated heterocycles. The van der Waals surface area contributed by atoms with Gasteiger partial charge in [0, 0.05) is 31.7 Å². The highest BCUT2D eigenvalue weighted by Gasteiger charge is 2.23. The van der Waals surface area contributed by atoms with Crippen molar-refractivity contribution in [1.29, 1.82) is 0 Å². The van der Waals surface area contributed by atoms with Crippen molar-refractivity contribution in [3.05, 3.63) is 53.6 Å². The molecule has 1 aliphatic rings. The molecule has 9 heteroatoms. The highest BCUT2D eigenvalue weighted by atomic mass is 32.2. The van der Waals surface area contributed by atoms with Crippen LogP contribution in [0.15, 0.2) is 47.4 Å². The third-order valence-corrected chi connectivity index (χ3v) is 8.70. The summed E-state index contributed by atoms with van der Waals surface area (Å²) in [5.74, 6) is -0.157. The Morgan fingerprint density at radius 1 is 1.12 bits per heavy atom. The second-order valence-electron chi connectivity index (χ2n) is 7.99. The van der Waals surface area contributed by atoms with E-state index in [-0.39, 0.29) is 16.6 Å². The first-order chi connectivity index (χ1) is 15.9. The lowest BCUT2D eigenvalue weighted by molar-refractivity contribution is 0.0391. The van der Waals surface area contributed by atoms with E-state index in [0.717, 1.165) is 29.7 Å². The van der Waals surface area contributed by atoms with Crippen LogP contribution in [0.5, 0.6) is 0 Å². The molecule has 4 rings (SSSR count). The fourth-order valence-electron chi connectivity index (χ4n) is 3.77. The van der Waals surface area contributed by atoms with Gasteiger partial charge in [-0.05, 0) is 48.4 Å². The van der Waals surface area contributed by atoms with Gasteiger partial charge < -0.3 is 4.74 Å². The highest BCUT2D eigenvalue weighted by molar-refractivity contribution is 7.91. The Hall–Kier alpha value is -2.33. The Balaban J connectivity index is 1.63. The second-order valence-corrected chi connectivity index (χ2v) is 11.3. The quantitative estimate of drug-likeness (QED) is 0.483. The number of thiazole rings is 1. The van der Waals surface area contributed by atoms with Gasteiger partial charge in [0.2, 0.25) is 0 Å². The van der Waals surface area contributed by atoms with Crippen LogP contribution >= 0.6 is 11.3 Å². The average Bonchev–Trinajstić information content (AvgIpc) is 3.27. The van der Waals surface area contributed by atoms with Crippen molar-refractivity contribution in [3.8, 4) is 0 Å². The number of fused-ring (bicyclic) bond motifs is 1. The number of rotatable bonds is 8. The van der Waals surface area contributed by atoms with Crippen molar-refractivity contribution < 1.29 is 17.9 Å². The molecule has 176 valence electrons. The van der Waals surface area contributed by atoms with E-state index in [1.807, 2.05) is 6.07 Å². The van der Waals surface area contributed by atoms with Crippen LogP contribution < -0.4 is 4.90 Å². The summed E-state index contributed by atoms with van der Waals surface area (Å²) in [5, 5.41) is 0.654. The minimum Gasteiger partial charge on any atom is -0.379 e. The molecule has 7 nitrogen and oxygen atoms in total. The lowest BCUT2D eigenvalue weighted by Gasteiger charge is -2.29. The van der Waals surface area contributed by atoms with Gasteiger partial charge in [-0.15, -0.1) is 0 Å². The zero-order valence-electron chi connectivity index (χ0n) is 19.0. The van der Waals surface area contributed by atoms with E-state index >= 15 is 0 Å². The van der Waals surface area contributed by atoms with Crippen molar-refractivity contribution in [3.63, 3.8) is 0 Å².